The number of carbonyl (C=O) groups is 1. The van der Waals surface area contributed by atoms with E-state index in [-0.39, 0.29) is 5.41 Å². The number of hydrogen-bond donors (Lipinski definition) is 2. The van der Waals surface area contributed by atoms with Crippen LogP contribution in [-0.4, -0.2) is 25.0 Å². The van der Waals surface area contributed by atoms with E-state index < -0.39 is 0 Å². The molecule has 0 aromatic heterocycles. The summed E-state index contributed by atoms with van der Waals surface area (Å²) in [6, 6.07) is 0.373. The monoisotopic (exact) mass is 238 g/mol. The highest BCUT2D eigenvalue weighted by Gasteiger charge is 2.40. The molecule has 0 spiro atoms. The summed E-state index contributed by atoms with van der Waals surface area (Å²) in [4.78, 5) is 12.5. The molecule has 1 heterocycles. The second kappa shape index (κ2) is 5.38. The Kier molecular flexibility index (Phi) is 4.08. The Morgan fingerprint density at radius 1 is 1.53 bits per heavy atom. The molecule has 2 rings (SSSR count). The number of hydrogen-bond acceptors (Lipinski definition) is 2. The van der Waals surface area contributed by atoms with Crippen LogP contribution in [0.4, 0.5) is 0 Å². The van der Waals surface area contributed by atoms with Gasteiger partial charge in [-0.25, -0.2) is 0 Å². The molecule has 17 heavy (non-hydrogen) atoms. The van der Waals surface area contributed by atoms with Crippen molar-refractivity contribution in [3.8, 4) is 0 Å². The van der Waals surface area contributed by atoms with Gasteiger partial charge in [-0.05, 0) is 51.5 Å². The SMILES string of the molecule is CCCC1(C(=O)NC(C)C2CC2)CCCNC1. The molecule has 1 amide bonds. The van der Waals surface area contributed by atoms with E-state index in [1.54, 1.807) is 0 Å². The molecule has 0 radical (unpaired) electrons. The summed E-state index contributed by atoms with van der Waals surface area (Å²) >= 11 is 0. The molecule has 3 heteroatoms. The zero-order chi connectivity index (χ0) is 12.3. The minimum absolute atomic E-state index is 0.129. The Morgan fingerprint density at radius 2 is 2.29 bits per heavy atom. The average molecular weight is 238 g/mol. The molecular formula is C14H26N2O. The highest BCUT2D eigenvalue weighted by molar-refractivity contribution is 5.83. The van der Waals surface area contributed by atoms with Gasteiger partial charge < -0.3 is 10.6 Å². The molecule has 2 aliphatic rings. The van der Waals surface area contributed by atoms with E-state index in [1.165, 1.54) is 12.8 Å². The summed E-state index contributed by atoms with van der Waals surface area (Å²) in [7, 11) is 0. The van der Waals surface area contributed by atoms with Crippen molar-refractivity contribution in [3.05, 3.63) is 0 Å². The lowest BCUT2D eigenvalue weighted by atomic mass is 9.76. The minimum atomic E-state index is -0.129. The van der Waals surface area contributed by atoms with Crippen molar-refractivity contribution >= 4 is 5.91 Å². The minimum Gasteiger partial charge on any atom is -0.353 e. The maximum atomic E-state index is 12.5. The van der Waals surface area contributed by atoms with Gasteiger partial charge in [0, 0.05) is 12.6 Å². The van der Waals surface area contributed by atoms with Crippen LogP contribution in [0.3, 0.4) is 0 Å². The Bertz CT molecular complexity index is 262. The van der Waals surface area contributed by atoms with E-state index >= 15 is 0 Å². The predicted octanol–water partition coefficient (Wildman–Crippen LogP) is 2.07. The van der Waals surface area contributed by atoms with Crippen LogP contribution >= 0.6 is 0 Å². The lowest BCUT2D eigenvalue weighted by Gasteiger charge is -2.37. The second-order valence-electron chi connectivity index (χ2n) is 5.91. The van der Waals surface area contributed by atoms with E-state index in [0.717, 1.165) is 44.7 Å². The van der Waals surface area contributed by atoms with Gasteiger partial charge in [-0.15, -0.1) is 0 Å². The van der Waals surface area contributed by atoms with Gasteiger partial charge in [0.05, 0.1) is 5.41 Å². The van der Waals surface area contributed by atoms with Gasteiger partial charge in [0.2, 0.25) is 5.91 Å². The van der Waals surface area contributed by atoms with Crippen LogP contribution in [0, 0.1) is 11.3 Å². The quantitative estimate of drug-likeness (QED) is 0.770. The van der Waals surface area contributed by atoms with Gasteiger partial charge in [0.25, 0.3) is 0 Å². The van der Waals surface area contributed by atoms with Crippen LogP contribution < -0.4 is 10.6 Å². The third kappa shape index (κ3) is 3.01. The number of carbonyl (C=O) groups excluding carboxylic acids is 1. The van der Waals surface area contributed by atoms with E-state index in [9.17, 15) is 4.79 Å². The molecule has 2 N–H and O–H groups in total. The first-order chi connectivity index (χ1) is 8.18. The first kappa shape index (κ1) is 12.9. The standard InChI is InChI=1S/C14H26N2O/c1-3-7-14(8-4-9-15-10-14)13(17)16-11(2)12-5-6-12/h11-12,15H,3-10H2,1-2H3,(H,16,17). The Labute approximate surface area is 105 Å². The van der Waals surface area contributed by atoms with Gasteiger partial charge in [0.15, 0.2) is 0 Å². The number of rotatable bonds is 5. The van der Waals surface area contributed by atoms with Crippen molar-refractivity contribution < 1.29 is 4.79 Å². The van der Waals surface area contributed by atoms with Crippen LogP contribution in [0.2, 0.25) is 0 Å². The maximum Gasteiger partial charge on any atom is 0.227 e. The predicted molar refractivity (Wildman–Crippen MR) is 69.8 cm³/mol. The van der Waals surface area contributed by atoms with Gasteiger partial charge in [-0.1, -0.05) is 13.3 Å². The topological polar surface area (TPSA) is 41.1 Å². The van der Waals surface area contributed by atoms with E-state index in [2.05, 4.69) is 24.5 Å². The Balaban J connectivity index is 1.95. The van der Waals surface area contributed by atoms with Crippen molar-refractivity contribution in [3.63, 3.8) is 0 Å². The van der Waals surface area contributed by atoms with Crippen LogP contribution in [0.15, 0.2) is 0 Å². The van der Waals surface area contributed by atoms with Gasteiger partial charge in [-0.3, -0.25) is 4.79 Å². The third-order valence-corrected chi connectivity index (χ3v) is 4.37. The first-order valence-electron chi connectivity index (χ1n) is 7.19. The van der Waals surface area contributed by atoms with Crippen molar-refractivity contribution in [2.24, 2.45) is 11.3 Å². The maximum absolute atomic E-state index is 12.5. The molecular weight excluding hydrogens is 212 g/mol. The molecule has 2 unspecified atom stereocenters. The fourth-order valence-electron chi connectivity index (χ4n) is 3.04. The molecule has 2 atom stereocenters. The second-order valence-corrected chi connectivity index (χ2v) is 5.91. The van der Waals surface area contributed by atoms with E-state index in [0.29, 0.717) is 11.9 Å². The fraction of sp³-hybridized carbons (Fsp3) is 0.929. The average Bonchev–Trinajstić information content (AvgIpc) is 3.14. The van der Waals surface area contributed by atoms with Crippen LogP contribution in [0.25, 0.3) is 0 Å². The summed E-state index contributed by atoms with van der Waals surface area (Å²) in [6.45, 7) is 6.26. The van der Waals surface area contributed by atoms with Gasteiger partial charge in [-0.2, -0.15) is 0 Å². The normalized spacial score (nSPS) is 30.9. The van der Waals surface area contributed by atoms with Crippen LogP contribution in [-0.2, 0) is 4.79 Å². The van der Waals surface area contributed by atoms with Gasteiger partial charge >= 0.3 is 0 Å². The summed E-state index contributed by atoms with van der Waals surface area (Å²) in [5.41, 5.74) is -0.129. The molecule has 2 fully saturated rings. The number of piperidine rings is 1. The van der Waals surface area contributed by atoms with Gasteiger partial charge in [0.1, 0.15) is 0 Å². The molecule has 98 valence electrons. The van der Waals surface area contributed by atoms with Crippen molar-refractivity contribution in [2.45, 2.75) is 58.4 Å². The van der Waals surface area contributed by atoms with Crippen molar-refractivity contribution in [2.75, 3.05) is 13.1 Å². The van der Waals surface area contributed by atoms with Crippen molar-refractivity contribution in [1.82, 2.24) is 10.6 Å². The Morgan fingerprint density at radius 3 is 2.82 bits per heavy atom. The molecule has 0 aromatic rings. The molecule has 0 aromatic carbocycles. The fourth-order valence-corrected chi connectivity index (χ4v) is 3.04. The lowest BCUT2D eigenvalue weighted by Crippen LogP contribution is -2.52. The van der Waals surface area contributed by atoms with E-state index in [1.807, 2.05) is 0 Å². The summed E-state index contributed by atoms with van der Waals surface area (Å²) in [5, 5.41) is 6.66. The number of nitrogens with one attached hydrogen (secondary N) is 2. The molecule has 1 aliphatic carbocycles. The van der Waals surface area contributed by atoms with Crippen molar-refractivity contribution in [1.29, 1.82) is 0 Å². The zero-order valence-corrected chi connectivity index (χ0v) is 11.2. The molecule has 3 nitrogen and oxygen atoms in total. The molecule has 1 aliphatic heterocycles. The first-order valence-corrected chi connectivity index (χ1v) is 7.19. The molecule has 1 saturated carbocycles. The summed E-state index contributed by atoms with van der Waals surface area (Å²) < 4.78 is 0. The highest BCUT2D eigenvalue weighted by Crippen LogP contribution is 2.35. The summed E-state index contributed by atoms with van der Waals surface area (Å²) in [6.07, 6.45) is 6.87. The zero-order valence-electron chi connectivity index (χ0n) is 11.2. The van der Waals surface area contributed by atoms with Crippen LogP contribution in [0.1, 0.15) is 52.4 Å². The lowest BCUT2D eigenvalue weighted by molar-refractivity contribution is -0.133. The smallest absolute Gasteiger partial charge is 0.227 e. The largest absolute Gasteiger partial charge is 0.353 e. The van der Waals surface area contributed by atoms with E-state index in [4.69, 9.17) is 0 Å². The molecule has 0 bridgehead atoms. The highest BCUT2D eigenvalue weighted by atomic mass is 16.2. The number of amides is 1. The molecule has 1 saturated heterocycles. The van der Waals surface area contributed by atoms with Crippen LogP contribution in [0.5, 0.6) is 0 Å². The summed E-state index contributed by atoms with van der Waals surface area (Å²) in [5.74, 6) is 1.04. The third-order valence-electron chi connectivity index (χ3n) is 4.37. The Hall–Kier alpha value is -0.570.